The largest absolute Gasteiger partial charge is 0.384 e. The molecule has 3 aromatic rings. The van der Waals surface area contributed by atoms with Gasteiger partial charge in [-0.2, -0.15) is 9.97 Å². The summed E-state index contributed by atoms with van der Waals surface area (Å²) < 4.78 is 0. The van der Waals surface area contributed by atoms with Crippen molar-refractivity contribution in [2.24, 2.45) is 0 Å². The summed E-state index contributed by atoms with van der Waals surface area (Å²) in [6.45, 7) is 1.27. The third-order valence-corrected chi connectivity index (χ3v) is 4.55. The summed E-state index contributed by atoms with van der Waals surface area (Å²) in [5.41, 5.74) is 16.2. The molecule has 0 bridgehead atoms. The zero-order chi connectivity index (χ0) is 18.6. The Hall–Kier alpha value is -3.42. The fraction of sp³-hybridized carbons (Fsp3) is 0.263. The van der Waals surface area contributed by atoms with E-state index in [2.05, 4.69) is 48.8 Å². The van der Waals surface area contributed by atoms with E-state index in [4.69, 9.17) is 11.5 Å². The molecule has 0 spiro atoms. The van der Waals surface area contributed by atoms with Gasteiger partial charge in [0.15, 0.2) is 0 Å². The second-order valence-corrected chi connectivity index (χ2v) is 6.43. The average molecular weight is 362 g/mol. The molecule has 0 amide bonds. The van der Waals surface area contributed by atoms with E-state index >= 15 is 0 Å². The van der Waals surface area contributed by atoms with Crippen LogP contribution in [0, 0.1) is 0 Å². The van der Waals surface area contributed by atoms with E-state index in [1.165, 1.54) is 5.56 Å². The number of nitrogens with one attached hydrogen (secondary N) is 2. The predicted octanol–water partition coefficient (Wildman–Crippen LogP) is 2.11. The molecule has 138 valence electrons. The lowest BCUT2D eigenvalue weighted by Gasteiger charge is -2.15. The van der Waals surface area contributed by atoms with Crippen molar-refractivity contribution in [1.29, 1.82) is 0 Å². The summed E-state index contributed by atoms with van der Waals surface area (Å²) in [5.74, 6) is 2.02. The minimum absolute atomic E-state index is 0.278. The fourth-order valence-electron chi connectivity index (χ4n) is 3.34. The van der Waals surface area contributed by atoms with Crippen molar-refractivity contribution in [1.82, 2.24) is 19.9 Å². The summed E-state index contributed by atoms with van der Waals surface area (Å²) in [6, 6.07) is 10.0. The standard InChI is InChI=1S/C19H22N8/c20-15-8-9-23-19(25-15)24-11-10-22-17-14-7-3-5-12-4-1-2-6-13(12)16(14)26-18(21)27-17/h1-2,4,6,8-9H,3,5,7,10-11H2,(H3,20,23,24,25)(H3,21,22,26,27). The number of hydrogen-bond donors (Lipinski definition) is 4. The molecule has 27 heavy (non-hydrogen) atoms. The number of nitrogen functional groups attached to an aromatic ring is 2. The highest BCUT2D eigenvalue weighted by molar-refractivity contribution is 5.73. The van der Waals surface area contributed by atoms with Gasteiger partial charge in [-0.15, -0.1) is 0 Å². The zero-order valence-electron chi connectivity index (χ0n) is 14.9. The van der Waals surface area contributed by atoms with Gasteiger partial charge in [0.05, 0.1) is 5.69 Å². The molecule has 4 rings (SSSR count). The SMILES string of the molecule is Nc1ccnc(NCCNc2nc(N)nc3c2CCCc2ccccc2-3)n1. The number of benzene rings is 1. The summed E-state index contributed by atoms with van der Waals surface area (Å²) in [7, 11) is 0. The highest BCUT2D eigenvalue weighted by atomic mass is 15.1. The lowest BCUT2D eigenvalue weighted by Crippen LogP contribution is -2.18. The smallest absolute Gasteiger partial charge is 0.224 e. The van der Waals surface area contributed by atoms with Crippen molar-refractivity contribution in [3.8, 4) is 11.3 Å². The van der Waals surface area contributed by atoms with E-state index in [1.807, 2.05) is 6.07 Å². The first-order valence-electron chi connectivity index (χ1n) is 9.01. The minimum atomic E-state index is 0.278. The van der Waals surface area contributed by atoms with Crippen LogP contribution in [0.25, 0.3) is 11.3 Å². The van der Waals surface area contributed by atoms with Crippen molar-refractivity contribution < 1.29 is 0 Å². The van der Waals surface area contributed by atoms with Crippen molar-refractivity contribution >= 4 is 23.5 Å². The normalized spacial score (nSPS) is 12.6. The van der Waals surface area contributed by atoms with Gasteiger partial charge in [-0.1, -0.05) is 24.3 Å². The molecule has 0 saturated heterocycles. The fourth-order valence-corrected chi connectivity index (χ4v) is 3.34. The van der Waals surface area contributed by atoms with Gasteiger partial charge in [-0.3, -0.25) is 0 Å². The van der Waals surface area contributed by atoms with E-state index < -0.39 is 0 Å². The maximum Gasteiger partial charge on any atom is 0.224 e. The predicted molar refractivity (Wildman–Crippen MR) is 107 cm³/mol. The molecule has 0 saturated carbocycles. The van der Waals surface area contributed by atoms with Crippen molar-refractivity contribution in [2.45, 2.75) is 19.3 Å². The molecule has 2 heterocycles. The second-order valence-electron chi connectivity index (χ2n) is 6.43. The lowest BCUT2D eigenvalue weighted by atomic mass is 10.0. The first-order valence-corrected chi connectivity index (χ1v) is 9.01. The Bertz CT molecular complexity index is 956. The van der Waals surface area contributed by atoms with Gasteiger partial charge in [-0.05, 0) is 30.9 Å². The molecule has 1 aliphatic rings. The van der Waals surface area contributed by atoms with E-state index in [0.29, 0.717) is 24.9 Å². The Kier molecular flexibility index (Phi) is 4.69. The minimum Gasteiger partial charge on any atom is -0.384 e. The van der Waals surface area contributed by atoms with Crippen LogP contribution in [0.1, 0.15) is 17.5 Å². The number of nitrogens with zero attached hydrogens (tertiary/aromatic N) is 4. The van der Waals surface area contributed by atoms with Gasteiger partial charge in [0.1, 0.15) is 11.6 Å². The van der Waals surface area contributed by atoms with Crippen LogP contribution < -0.4 is 22.1 Å². The van der Waals surface area contributed by atoms with Gasteiger partial charge >= 0.3 is 0 Å². The summed E-state index contributed by atoms with van der Waals surface area (Å²) in [6.07, 6.45) is 4.63. The van der Waals surface area contributed by atoms with Crippen LogP contribution in [0.4, 0.5) is 23.5 Å². The Morgan fingerprint density at radius 3 is 2.67 bits per heavy atom. The second kappa shape index (κ2) is 7.45. The molecule has 6 N–H and O–H groups in total. The highest BCUT2D eigenvalue weighted by Gasteiger charge is 2.20. The lowest BCUT2D eigenvalue weighted by molar-refractivity contribution is 0.829. The van der Waals surface area contributed by atoms with Crippen LogP contribution in [-0.2, 0) is 12.8 Å². The van der Waals surface area contributed by atoms with E-state index in [-0.39, 0.29) is 5.95 Å². The molecule has 0 radical (unpaired) electrons. The summed E-state index contributed by atoms with van der Waals surface area (Å²) >= 11 is 0. The van der Waals surface area contributed by atoms with Crippen LogP contribution in [0.3, 0.4) is 0 Å². The first-order chi connectivity index (χ1) is 13.2. The number of rotatable bonds is 5. The van der Waals surface area contributed by atoms with Gasteiger partial charge in [0, 0.05) is 30.4 Å². The molecular weight excluding hydrogens is 340 g/mol. The quantitative estimate of drug-likeness (QED) is 0.508. The molecular formula is C19H22N8. The monoisotopic (exact) mass is 362 g/mol. The molecule has 0 unspecified atom stereocenters. The number of anilines is 4. The molecule has 0 atom stereocenters. The molecule has 8 nitrogen and oxygen atoms in total. The van der Waals surface area contributed by atoms with Crippen molar-refractivity contribution in [3.05, 3.63) is 47.7 Å². The Labute approximate surface area is 157 Å². The Balaban J connectivity index is 1.52. The van der Waals surface area contributed by atoms with E-state index in [0.717, 1.165) is 41.9 Å². The molecule has 8 heteroatoms. The summed E-state index contributed by atoms with van der Waals surface area (Å²) in [5, 5.41) is 6.52. The van der Waals surface area contributed by atoms with Gasteiger partial charge in [-0.25, -0.2) is 9.97 Å². The third kappa shape index (κ3) is 3.74. The number of fused-ring (bicyclic) bond motifs is 3. The maximum absolute atomic E-state index is 5.99. The maximum atomic E-state index is 5.99. The Morgan fingerprint density at radius 2 is 1.78 bits per heavy atom. The van der Waals surface area contributed by atoms with Crippen molar-refractivity contribution in [2.75, 3.05) is 35.2 Å². The van der Waals surface area contributed by atoms with Crippen LogP contribution in [-0.4, -0.2) is 33.0 Å². The first kappa shape index (κ1) is 17.0. The van der Waals surface area contributed by atoms with Gasteiger partial charge in [0.25, 0.3) is 0 Å². The van der Waals surface area contributed by atoms with Crippen LogP contribution in [0.5, 0.6) is 0 Å². The summed E-state index contributed by atoms with van der Waals surface area (Å²) in [4.78, 5) is 17.2. The molecule has 1 aliphatic carbocycles. The van der Waals surface area contributed by atoms with Crippen molar-refractivity contribution in [3.63, 3.8) is 0 Å². The molecule has 1 aromatic carbocycles. The number of nitrogens with two attached hydrogens (primary N) is 2. The zero-order valence-corrected chi connectivity index (χ0v) is 14.9. The van der Waals surface area contributed by atoms with Crippen LogP contribution >= 0.6 is 0 Å². The average Bonchev–Trinajstić information content (AvgIpc) is 2.85. The van der Waals surface area contributed by atoms with Gasteiger partial charge in [0.2, 0.25) is 11.9 Å². The van der Waals surface area contributed by atoms with E-state index in [9.17, 15) is 0 Å². The molecule has 0 aliphatic heterocycles. The van der Waals surface area contributed by atoms with Gasteiger partial charge < -0.3 is 22.1 Å². The third-order valence-electron chi connectivity index (χ3n) is 4.55. The number of aromatic nitrogens is 4. The number of hydrogen-bond acceptors (Lipinski definition) is 8. The molecule has 2 aromatic heterocycles. The Morgan fingerprint density at radius 1 is 0.926 bits per heavy atom. The van der Waals surface area contributed by atoms with E-state index in [1.54, 1.807) is 12.3 Å². The highest BCUT2D eigenvalue weighted by Crippen LogP contribution is 2.34. The van der Waals surface area contributed by atoms with Crippen LogP contribution in [0.2, 0.25) is 0 Å². The van der Waals surface area contributed by atoms with Crippen LogP contribution in [0.15, 0.2) is 36.5 Å². The topological polar surface area (TPSA) is 128 Å². The molecule has 0 fully saturated rings. The number of aryl methyl sites for hydroxylation is 1.